The van der Waals surface area contributed by atoms with Crippen LogP contribution in [0.4, 0.5) is 0 Å². The number of hydrogen-bond donors (Lipinski definition) is 0. The number of hydrogen-bond acceptors (Lipinski definition) is 3. The average molecular weight is 278 g/mol. The summed E-state index contributed by atoms with van der Waals surface area (Å²) in [5.41, 5.74) is 1.81. The topological polar surface area (TPSA) is 35.5 Å². The SMILES string of the molecule is CCCCc1cccc(C(=O)OC(COC)C(C)C)c1. The largest absolute Gasteiger partial charge is 0.456 e. The van der Waals surface area contributed by atoms with Crippen LogP contribution >= 0.6 is 0 Å². The minimum Gasteiger partial charge on any atom is -0.456 e. The van der Waals surface area contributed by atoms with Crippen molar-refractivity contribution in [2.24, 2.45) is 5.92 Å². The van der Waals surface area contributed by atoms with Crippen LogP contribution in [-0.2, 0) is 15.9 Å². The minimum atomic E-state index is -0.265. The lowest BCUT2D eigenvalue weighted by atomic mass is 10.1. The molecule has 0 fully saturated rings. The van der Waals surface area contributed by atoms with Crippen molar-refractivity contribution >= 4 is 5.97 Å². The Labute approximate surface area is 122 Å². The number of esters is 1. The lowest BCUT2D eigenvalue weighted by Crippen LogP contribution is -2.28. The van der Waals surface area contributed by atoms with Gasteiger partial charge in [-0.15, -0.1) is 0 Å². The number of aryl methyl sites for hydroxylation is 1. The third kappa shape index (κ3) is 5.33. The number of carbonyl (C=O) groups is 1. The van der Waals surface area contributed by atoms with Gasteiger partial charge in [0.15, 0.2) is 0 Å². The van der Waals surface area contributed by atoms with E-state index in [1.54, 1.807) is 7.11 Å². The normalized spacial score (nSPS) is 12.4. The molecule has 0 radical (unpaired) electrons. The quantitative estimate of drug-likeness (QED) is 0.677. The molecule has 0 aromatic heterocycles. The van der Waals surface area contributed by atoms with E-state index in [9.17, 15) is 4.79 Å². The first-order chi connectivity index (χ1) is 9.58. The average Bonchev–Trinajstić information content (AvgIpc) is 2.44. The van der Waals surface area contributed by atoms with Gasteiger partial charge in [-0.25, -0.2) is 4.79 Å². The standard InChI is InChI=1S/C17H26O3/c1-5-6-8-14-9-7-10-15(11-14)17(18)20-16(12-19-4)13(2)3/h7,9-11,13,16H,5-6,8,12H2,1-4H3. The van der Waals surface area contributed by atoms with Crippen LogP contribution in [0.3, 0.4) is 0 Å². The van der Waals surface area contributed by atoms with Crippen LogP contribution in [0, 0.1) is 5.92 Å². The van der Waals surface area contributed by atoms with Crippen LogP contribution in [0.5, 0.6) is 0 Å². The van der Waals surface area contributed by atoms with Crippen molar-refractivity contribution < 1.29 is 14.3 Å². The molecule has 1 aromatic carbocycles. The van der Waals surface area contributed by atoms with E-state index in [0.29, 0.717) is 12.2 Å². The fraction of sp³-hybridized carbons (Fsp3) is 0.588. The van der Waals surface area contributed by atoms with Crippen molar-refractivity contribution in [3.63, 3.8) is 0 Å². The molecule has 0 spiro atoms. The highest BCUT2D eigenvalue weighted by Crippen LogP contribution is 2.14. The predicted octanol–water partition coefficient (Wildman–Crippen LogP) is 3.86. The highest BCUT2D eigenvalue weighted by molar-refractivity contribution is 5.89. The van der Waals surface area contributed by atoms with E-state index < -0.39 is 0 Å². The Morgan fingerprint density at radius 2 is 2.05 bits per heavy atom. The van der Waals surface area contributed by atoms with Gasteiger partial charge in [-0.2, -0.15) is 0 Å². The van der Waals surface area contributed by atoms with E-state index in [1.807, 2.05) is 32.0 Å². The second kappa shape index (κ2) is 8.75. The molecule has 0 amide bonds. The van der Waals surface area contributed by atoms with Crippen molar-refractivity contribution in [2.75, 3.05) is 13.7 Å². The number of benzene rings is 1. The minimum absolute atomic E-state index is 0.202. The summed E-state index contributed by atoms with van der Waals surface area (Å²) < 4.78 is 10.6. The second-order valence-corrected chi connectivity index (χ2v) is 5.45. The Morgan fingerprint density at radius 3 is 2.65 bits per heavy atom. The van der Waals surface area contributed by atoms with Crippen LogP contribution in [0.2, 0.25) is 0 Å². The molecule has 0 aliphatic heterocycles. The zero-order chi connectivity index (χ0) is 15.0. The Balaban J connectivity index is 2.70. The van der Waals surface area contributed by atoms with E-state index in [-0.39, 0.29) is 18.0 Å². The Morgan fingerprint density at radius 1 is 1.30 bits per heavy atom. The van der Waals surface area contributed by atoms with E-state index in [0.717, 1.165) is 19.3 Å². The molecule has 0 aliphatic rings. The van der Waals surface area contributed by atoms with Crippen LogP contribution in [-0.4, -0.2) is 25.8 Å². The molecule has 0 N–H and O–H groups in total. The lowest BCUT2D eigenvalue weighted by molar-refractivity contribution is -0.0102. The predicted molar refractivity (Wildman–Crippen MR) is 81.0 cm³/mol. The zero-order valence-electron chi connectivity index (χ0n) is 13.0. The Hall–Kier alpha value is -1.35. The van der Waals surface area contributed by atoms with Crippen molar-refractivity contribution in [1.82, 2.24) is 0 Å². The van der Waals surface area contributed by atoms with E-state index >= 15 is 0 Å². The number of unbranched alkanes of at least 4 members (excludes halogenated alkanes) is 1. The first kappa shape index (κ1) is 16.7. The van der Waals surface area contributed by atoms with Gasteiger partial charge in [0, 0.05) is 7.11 Å². The summed E-state index contributed by atoms with van der Waals surface area (Å²) in [5, 5.41) is 0. The summed E-state index contributed by atoms with van der Waals surface area (Å²) in [4.78, 5) is 12.2. The first-order valence-electron chi connectivity index (χ1n) is 7.37. The molecule has 1 rings (SSSR count). The third-order valence-corrected chi connectivity index (χ3v) is 3.31. The molecule has 112 valence electrons. The van der Waals surface area contributed by atoms with Gasteiger partial charge in [-0.3, -0.25) is 0 Å². The molecule has 0 saturated carbocycles. The van der Waals surface area contributed by atoms with Gasteiger partial charge in [-0.05, 0) is 36.5 Å². The summed E-state index contributed by atoms with van der Waals surface area (Å²) in [6, 6.07) is 7.72. The van der Waals surface area contributed by atoms with Gasteiger partial charge in [0.2, 0.25) is 0 Å². The smallest absolute Gasteiger partial charge is 0.338 e. The van der Waals surface area contributed by atoms with E-state index in [1.165, 1.54) is 5.56 Å². The molecule has 3 nitrogen and oxygen atoms in total. The second-order valence-electron chi connectivity index (χ2n) is 5.45. The van der Waals surface area contributed by atoms with Crippen molar-refractivity contribution in [1.29, 1.82) is 0 Å². The molecule has 1 aromatic rings. The maximum atomic E-state index is 12.2. The van der Waals surface area contributed by atoms with Crippen LogP contribution in [0.15, 0.2) is 24.3 Å². The van der Waals surface area contributed by atoms with Gasteiger partial charge in [-0.1, -0.05) is 39.3 Å². The van der Waals surface area contributed by atoms with Crippen molar-refractivity contribution in [2.45, 2.75) is 46.1 Å². The summed E-state index contributed by atoms with van der Waals surface area (Å²) in [5.74, 6) is -0.0266. The highest BCUT2D eigenvalue weighted by atomic mass is 16.6. The van der Waals surface area contributed by atoms with E-state index in [4.69, 9.17) is 9.47 Å². The number of ether oxygens (including phenoxy) is 2. The monoisotopic (exact) mass is 278 g/mol. The lowest BCUT2D eigenvalue weighted by Gasteiger charge is -2.20. The molecule has 0 saturated heterocycles. The molecule has 0 bridgehead atoms. The molecule has 20 heavy (non-hydrogen) atoms. The first-order valence-corrected chi connectivity index (χ1v) is 7.37. The van der Waals surface area contributed by atoms with Crippen LogP contribution in [0.1, 0.15) is 49.5 Å². The highest BCUT2D eigenvalue weighted by Gasteiger charge is 2.19. The molecule has 3 heteroatoms. The summed E-state index contributed by atoms with van der Waals surface area (Å²) >= 11 is 0. The fourth-order valence-electron chi connectivity index (χ4n) is 1.97. The van der Waals surface area contributed by atoms with Gasteiger partial charge in [0.1, 0.15) is 6.10 Å². The van der Waals surface area contributed by atoms with Gasteiger partial charge in [0.05, 0.1) is 12.2 Å². The number of methoxy groups -OCH3 is 1. The molecular weight excluding hydrogens is 252 g/mol. The maximum Gasteiger partial charge on any atom is 0.338 e. The van der Waals surface area contributed by atoms with E-state index in [2.05, 4.69) is 13.0 Å². The summed E-state index contributed by atoms with van der Waals surface area (Å²) in [7, 11) is 1.62. The Bertz CT molecular complexity index is 412. The van der Waals surface area contributed by atoms with Crippen LogP contribution < -0.4 is 0 Å². The zero-order valence-corrected chi connectivity index (χ0v) is 13.0. The molecule has 0 aliphatic carbocycles. The molecule has 1 unspecified atom stereocenters. The van der Waals surface area contributed by atoms with Crippen molar-refractivity contribution in [3.05, 3.63) is 35.4 Å². The summed E-state index contributed by atoms with van der Waals surface area (Å²) in [6.07, 6.45) is 3.09. The van der Waals surface area contributed by atoms with Gasteiger partial charge < -0.3 is 9.47 Å². The maximum absolute atomic E-state index is 12.2. The van der Waals surface area contributed by atoms with Gasteiger partial charge in [0.25, 0.3) is 0 Å². The number of rotatable bonds is 8. The van der Waals surface area contributed by atoms with Crippen molar-refractivity contribution in [3.8, 4) is 0 Å². The molecular formula is C17H26O3. The Kier molecular flexibility index (Phi) is 7.31. The molecule has 0 heterocycles. The number of carbonyl (C=O) groups excluding carboxylic acids is 1. The van der Waals surface area contributed by atoms with Gasteiger partial charge >= 0.3 is 5.97 Å². The summed E-state index contributed by atoms with van der Waals surface area (Å²) in [6.45, 7) is 6.64. The fourth-order valence-corrected chi connectivity index (χ4v) is 1.97. The third-order valence-electron chi connectivity index (χ3n) is 3.31. The van der Waals surface area contributed by atoms with Crippen LogP contribution in [0.25, 0.3) is 0 Å². The molecule has 1 atom stereocenters.